The highest BCUT2D eigenvalue weighted by atomic mass is 35.5. The van der Waals surface area contributed by atoms with Crippen LogP contribution >= 0.6 is 11.6 Å². The number of allylic oxidation sites excluding steroid dienone is 1. The lowest BCUT2D eigenvalue weighted by atomic mass is 10.3. The van der Waals surface area contributed by atoms with Gasteiger partial charge in [-0.25, -0.2) is 4.98 Å². The second kappa shape index (κ2) is 3.76. The first-order chi connectivity index (χ1) is 5.65. The topological polar surface area (TPSA) is 17.8 Å². The number of halogens is 1. The first-order valence-corrected chi connectivity index (χ1v) is 4.39. The van der Waals surface area contributed by atoms with Gasteiger partial charge in [0.1, 0.15) is 0 Å². The maximum absolute atomic E-state index is 5.63. The van der Waals surface area contributed by atoms with Gasteiger partial charge in [0.2, 0.25) is 0 Å². The molecule has 1 aromatic heterocycles. The lowest BCUT2D eigenvalue weighted by molar-refractivity contribution is 0.759. The van der Waals surface area contributed by atoms with Crippen molar-refractivity contribution in [1.29, 1.82) is 0 Å². The molecule has 0 aromatic carbocycles. The van der Waals surface area contributed by atoms with Crippen LogP contribution < -0.4 is 0 Å². The summed E-state index contributed by atoms with van der Waals surface area (Å²) in [6.45, 7) is 8.65. The van der Waals surface area contributed by atoms with E-state index in [4.69, 9.17) is 11.6 Å². The summed E-state index contributed by atoms with van der Waals surface area (Å²) in [6, 6.07) is 0. The summed E-state index contributed by atoms with van der Waals surface area (Å²) in [5.41, 5.74) is 3.26. The Hall–Kier alpha value is -0.760. The van der Waals surface area contributed by atoms with Crippen LogP contribution in [0.5, 0.6) is 0 Å². The summed E-state index contributed by atoms with van der Waals surface area (Å²) in [5.74, 6) is 0.511. The van der Waals surface area contributed by atoms with E-state index in [2.05, 4.69) is 16.1 Å². The van der Waals surface area contributed by atoms with Crippen molar-refractivity contribution in [2.24, 2.45) is 0 Å². The number of imidazole rings is 1. The fraction of sp³-hybridized carbons (Fsp3) is 0.444. The Balaban J connectivity index is 2.76. The standard InChI is InChI=1S/C9H13ClN2/c1-7(4-10)5-12-6-11-8(2)9(12)3/h6H,1,4-5H2,2-3H3. The predicted octanol–water partition coefficient (Wildman–Crippen LogP) is 2.29. The van der Waals surface area contributed by atoms with Crippen LogP contribution in [-0.4, -0.2) is 15.4 Å². The van der Waals surface area contributed by atoms with E-state index < -0.39 is 0 Å². The number of alkyl halides is 1. The molecule has 1 rings (SSSR count). The van der Waals surface area contributed by atoms with Crippen molar-refractivity contribution in [3.05, 3.63) is 29.9 Å². The van der Waals surface area contributed by atoms with Gasteiger partial charge in [-0.05, 0) is 19.4 Å². The molecule has 3 heteroatoms. The number of hydrogen-bond acceptors (Lipinski definition) is 1. The van der Waals surface area contributed by atoms with Crippen LogP contribution in [0.3, 0.4) is 0 Å². The van der Waals surface area contributed by atoms with Crippen molar-refractivity contribution < 1.29 is 0 Å². The molecule has 0 saturated heterocycles. The first-order valence-electron chi connectivity index (χ1n) is 3.86. The van der Waals surface area contributed by atoms with E-state index in [1.807, 2.05) is 20.2 Å². The Morgan fingerprint density at radius 2 is 2.33 bits per heavy atom. The van der Waals surface area contributed by atoms with E-state index in [1.54, 1.807) is 0 Å². The quantitative estimate of drug-likeness (QED) is 0.521. The Labute approximate surface area is 77.9 Å². The molecule has 0 N–H and O–H groups in total. The van der Waals surface area contributed by atoms with Crippen LogP contribution in [0.1, 0.15) is 11.4 Å². The molecular weight excluding hydrogens is 172 g/mol. The van der Waals surface area contributed by atoms with Crippen LogP contribution in [0.15, 0.2) is 18.5 Å². The van der Waals surface area contributed by atoms with E-state index in [0.29, 0.717) is 5.88 Å². The maximum Gasteiger partial charge on any atom is 0.0954 e. The van der Waals surface area contributed by atoms with Gasteiger partial charge < -0.3 is 4.57 Å². The number of rotatable bonds is 3. The highest BCUT2D eigenvalue weighted by Crippen LogP contribution is 2.07. The van der Waals surface area contributed by atoms with Crippen LogP contribution in [0.2, 0.25) is 0 Å². The van der Waals surface area contributed by atoms with Crippen LogP contribution in [0, 0.1) is 13.8 Å². The predicted molar refractivity (Wildman–Crippen MR) is 51.6 cm³/mol. The van der Waals surface area contributed by atoms with Gasteiger partial charge >= 0.3 is 0 Å². The van der Waals surface area contributed by atoms with Gasteiger partial charge in [0.15, 0.2) is 0 Å². The fourth-order valence-corrected chi connectivity index (χ4v) is 1.07. The molecule has 0 saturated carbocycles. The van der Waals surface area contributed by atoms with Crippen LogP contribution in [0.25, 0.3) is 0 Å². The minimum atomic E-state index is 0.511. The lowest BCUT2D eigenvalue weighted by Gasteiger charge is -2.05. The van der Waals surface area contributed by atoms with Gasteiger partial charge in [-0.2, -0.15) is 0 Å². The Bertz CT molecular complexity index is 289. The molecule has 0 fully saturated rings. The number of aromatic nitrogens is 2. The van der Waals surface area contributed by atoms with Gasteiger partial charge in [0.25, 0.3) is 0 Å². The molecule has 0 amide bonds. The van der Waals surface area contributed by atoms with E-state index in [0.717, 1.165) is 17.8 Å². The van der Waals surface area contributed by atoms with Gasteiger partial charge in [-0.3, -0.25) is 0 Å². The normalized spacial score (nSPS) is 10.2. The van der Waals surface area contributed by atoms with Gasteiger partial charge in [-0.15, -0.1) is 11.6 Å². The molecule has 0 unspecified atom stereocenters. The molecule has 12 heavy (non-hydrogen) atoms. The van der Waals surface area contributed by atoms with Crippen molar-refractivity contribution in [3.8, 4) is 0 Å². The Kier molecular flexibility index (Phi) is 2.93. The largest absolute Gasteiger partial charge is 0.330 e. The van der Waals surface area contributed by atoms with Gasteiger partial charge in [-0.1, -0.05) is 6.58 Å². The average Bonchev–Trinajstić information content (AvgIpc) is 2.36. The number of nitrogens with zero attached hydrogens (tertiary/aromatic N) is 2. The minimum absolute atomic E-state index is 0.511. The summed E-state index contributed by atoms with van der Waals surface area (Å²) >= 11 is 5.63. The summed E-state index contributed by atoms with van der Waals surface area (Å²) in [6.07, 6.45) is 1.82. The molecule has 0 aliphatic rings. The second-order valence-corrected chi connectivity index (χ2v) is 3.19. The molecule has 0 aliphatic heterocycles. The molecular formula is C9H13ClN2. The van der Waals surface area contributed by atoms with Crippen molar-refractivity contribution in [2.45, 2.75) is 20.4 Å². The highest BCUT2D eigenvalue weighted by Gasteiger charge is 2.01. The number of aryl methyl sites for hydroxylation is 1. The zero-order chi connectivity index (χ0) is 9.14. The zero-order valence-electron chi connectivity index (χ0n) is 7.47. The third-order valence-electron chi connectivity index (χ3n) is 1.93. The summed E-state index contributed by atoms with van der Waals surface area (Å²) in [7, 11) is 0. The van der Waals surface area contributed by atoms with Crippen molar-refractivity contribution in [3.63, 3.8) is 0 Å². The Morgan fingerprint density at radius 1 is 1.67 bits per heavy atom. The third-order valence-corrected chi connectivity index (χ3v) is 2.31. The second-order valence-electron chi connectivity index (χ2n) is 2.93. The van der Waals surface area contributed by atoms with Crippen LogP contribution in [0.4, 0.5) is 0 Å². The van der Waals surface area contributed by atoms with Crippen molar-refractivity contribution >= 4 is 11.6 Å². The summed E-state index contributed by atoms with van der Waals surface area (Å²) in [4.78, 5) is 4.18. The molecule has 0 spiro atoms. The minimum Gasteiger partial charge on any atom is -0.330 e. The number of hydrogen-bond donors (Lipinski definition) is 0. The van der Waals surface area contributed by atoms with Crippen LogP contribution in [-0.2, 0) is 6.54 Å². The van der Waals surface area contributed by atoms with Crippen molar-refractivity contribution in [2.75, 3.05) is 5.88 Å². The zero-order valence-corrected chi connectivity index (χ0v) is 8.23. The maximum atomic E-state index is 5.63. The summed E-state index contributed by atoms with van der Waals surface area (Å²) in [5, 5.41) is 0. The average molecular weight is 185 g/mol. The monoisotopic (exact) mass is 184 g/mol. The molecule has 0 atom stereocenters. The van der Waals surface area contributed by atoms with E-state index in [-0.39, 0.29) is 0 Å². The van der Waals surface area contributed by atoms with E-state index in [1.165, 1.54) is 5.69 Å². The van der Waals surface area contributed by atoms with Gasteiger partial charge in [0, 0.05) is 18.1 Å². The smallest absolute Gasteiger partial charge is 0.0954 e. The molecule has 1 aromatic rings. The lowest BCUT2D eigenvalue weighted by Crippen LogP contribution is -2.01. The molecule has 2 nitrogen and oxygen atoms in total. The SMILES string of the molecule is C=C(CCl)Cn1cnc(C)c1C. The molecule has 66 valence electrons. The van der Waals surface area contributed by atoms with E-state index in [9.17, 15) is 0 Å². The third kappa shape index (κ3) is 1.89. The van der Waals surface area contributed by atoms with Crippen molar-refractivity contribution in [1.82, 2.24) is 9.55 Å². The van der Waals surface area contributed by atoms with Gasteiger partial charge in [0.05, 0.1) is 12.0 Å². The fourth-order valence-electron chi connectivity index (χ4n) is 0.987. The first kappa shape index (κ1) is 9.33. The molecule has 0 aliphatic carbocycles. The van der Waals surface area contributed by atoms with E-state index >= 15 is 0 Å². The Morgan fingerprint density at radius 3 is 2.75 bits per heavy atom. The molecule has 0 bridgehead atoms. The highest BCUT2D eigenvalue weighted by molar-refractivity contribution is 6.19. The molecule has 1 heterocycles. The molecule has 0 radical (unpaired) electrons. The summed E-state index contributed by atoms with van der Waals surface area (Å²) < 4.78 is 2.06.